The number of hydrogen-bond donors (Lipinski definition) is 2. The number of allylic oxidation sites excluding steroid dienone is 2. The van der Waals surface area contributed by atoms with Crippen molar-refractivity contribution < 1.29 is 37.9 Å². The van der Waals surface area contributed by atoms with Crippen molar-refractivity contribution >= 4 is 19.8 Å². The van der Waals surface area contributed by atoms with E-state index in [1.54, 1.807) is 0 Å². The van der Waals surface area contributed by atoms with Gasteiger partial charge in [-0.3, -0.25) is 14.1 Å². The summed E-state index contributed by atoms with van der Waals surface area (Å²) in [4.78, 5) is 42.7. The highest BCUT2D eigenvalue weighted by molar-refractivity contribution is 7.46. The number of phosphoric acid groups is 1. The van der Waals surface area contributed by atoms with Gasteiger partial charge in [-0.15, -0.1) is 0 Å². The Labute approximate surface area is 288 Å². The third kappa shape index (κ3) is 37.5. The molecule has 0 amide bonds. The van der Waals surface area contributed by atoms with Crippen LogP contribution in [0, 0.1) is 0 Å². The van der Waals surface area contributed by atoms with Crippen molar-refractivity contribution in [3.63, 3.8) is 0 Å². The van der Waals surface area contributed by atoms with Crippen LogP contribution in [-0.2, 0) is 28.2 Å². The molecule has 0 spiro atoms. The van der Waals surface area contributed by atoms with E-state index in [0.717, 1.165) is 51.4 Å². The topological polar surface area (TPSA) is 119 Å². The van der Waals surface area contributed by atoms with E-state index in [4.69, 9.17) is 19.3 Å². The van der Waals surface area contributed by atoms with Crippen molar-refractivity contribution in [3.8, 4) is 0 Å². The van der Waals surface area contributed by atoms with Crippen LogP contribution in [0.3, 0.4) is 0 Å². The molecule has 8 nitrogen and oxygen atoms in total. The van der Waals surface area contributed by atoms with Crippen LogP contribution in [0.1, 0.15) is 200 Å². The molecule has 278 valence electrons. The van der Waals surface area contributed by atoms with Crippen LogP contribution in [-0.4, -0.2) is 41.0 Å². The lowest BCUT2D eigenvalue weighted by Gasteiger charge is -2.18. The van der Waals surface area contributed by atoms with Crippen molar-refractivity contribution in [2.45, 2.75) is 206 Å². The van der Waals surface area contributed by atoms with Crippen LogP contribution in [0.5, 0.6) is 0 Å². The monoisotopic (exact) mass is 689 g/mol. The first-order chi connectivity index (χ1) is 22.8. The van der Waals surface area contributed by atoms with E-state index in [1.165, 1.54) is 116 Å². The maximum atomic E-state index is 12.4. The number of hydrogen-bond acceptors (Lipinski definition) is 6. The number of carbonyl (C=O) groups excluding carboxylic acids is 2. The van der Waals surface area contributed by atoms with E-state index in [2.05, 4.69) is 30.5 Å². The third-order valence-corrected chi connectivity index (χ3v) is 9.02. The van der Waals surface area contributed by atoms with Gasteiger partial charge in [0.05, 0.1) is 6.61 Å². The second-order valence-corrected chi connectivity index (χ2v) is 14.5. The van der Waals surface area contributed by atoms with Crippen LogP contribution in [0.25, 0.3) is 0 Å². The van der Waals surface area contributed by atoms with Gasteiger partial charge in [-0.05, 0) is 38.5 Å². The number of unbranched alkanes of at least 4 members (excludes halogenated alkanes) is 24. The Kier molecular flexibility index (Phi) is 33.8. The fourth-order valence-electron chi connectivity index (χ4n) is 5.60. The molecule has 0 saturated carbocycles. The second-order valence-electron chi connectivity index (χ2n) is 13.3. The zero-order chi connectivity index (χ0) is 34.7. The van der Waals surface area contributed by atoms with Gasteiger partial charge in [0.15, 0.2) is 6.10 Å². The molecule has 0 aromatic rings. The molecule has 0 rings (SSSR count). The van der Waals surface area contributed by atoms with Crippen molar-refractivity contribution in [1.29, 1.82) is 0 Å². The largest absolute Gasteiger partial charge is 0.469 e. The van der Waals surface area contributed by atoms with E-state index in [-0.39, 0.29) is 19.4 Å². The first-order valence-electron chi connectivity index (χ1n) is 19.5. The molecule has 0 aliphatic carbocycles. The molecule has 1 atom stereocenters. The number of ether oxygens (including phenoxy) is 2. The Morgan fingerprint density at radius 2 is 0.894 bits per heavy atom. The number of rotatable bonds is 36. The van der Waals surface area contributed by atoms with Crippen molar-refractivity contribution in [2.75, 3.05) is 13.2 Å². The van der Waals surface area contributed by atoms with Gasteiger partial charge >= 0.3 is 19.8 Å². The van der Waals surface area contributed by atoms with Crippen LogP contribution in [0.2, 0.25) is 0 Å². The SMILES string of the molecule is CCCCCCCCC/C=C\CCCCCCCC(=O)O[C@H](COC(=O)CCCCCCCCCCCCCCC)COP(=O)(O)O. The van der Waals surface area contributed by atoms with Crippen LogP contribution in [0.15, 0.2) is 12.2 Å². The number of carbonyl (C=O) groups is 2. The molecule has 0 radical (unpaired) electrons. The van der Waals surface area contributed by atoms with Crippen LogP contribution in [0.4, 0.5) is 0 Å². The summed E-state index contributed by atoms with van der Waals surface area (Å²) in [6.45, 7) is 3.68. The molecule has 0 unspecified atom stereocenters. The summed E-state index contributed by atoms with van der Waals surface area (Å²) in [5.74, 6) is -0.886. The molecule has 0 bridgehead atoms. The number of phosphoric ester groups is 1. The Morgan fingerprint density at radius 1 is 0.532 bits per heavy atom. The normalized spacial score (nSPS) is 12.5. The minimum atomic E-state index is -4.75. The van der Waals surface area contributed by atoms with E-state index in [9.17, 15) is 14.2 Å². The predicted octanol–water partition coefficient (Wildman–Crippen LogP) is 11.5. The summed E-state index contributed by atoms with van der Waals surface area (Å²) < 4.78 is 26.3. The standard InChI is InChI=1S/C38H73O8P/c1-3-5-7-9-11-13-15-17-18-19-21-23-25-27-29-31-33-38(40)46-36(35-45-47(41,42)43)34-44-37(39)32-30-28-26-24-22-20-16-14-12-10-8-6-4-2/h18-19,36H,3-17,20-35H2,1-2H3,(H2,41,42,43)/b19-18-/t36-/m1/s1. The lowest BCUT2D eigenvalue weighted by Crippen LogP contribution is -2.29. The predicted molar refractivity (Wildman–Crippen MR) is 193 cm³/mol. The molecule has 47 heavy (non-hydrogen) atoms. The zero-order valence-corrected chi connectivity index (χ0v) is 31.3. The van der Waals surface area contributed by atoms with Gasteiger partial charge in [-0.2, -0.15) is 0 Å². The van der Waals surface area contributed by atoms with E-state index in [1.807, 2.05) is 0 Å². The quantitative estimate of drug-likeness (QED) is 0.0289. The Morgan fingerprint density at radius 3 is 1.30 bits per heavy atom. The fourth-order valence-corrected chi connectivity index (χ4v) is 5.96. The van der Waals surface area contributed by atoms with Crippen LogP contribution >= 0.6 is 7.82 Å². The first-order valence-corrected chi connectivity index (χ1v) is 21.0. The molecule has 0 saturated heterocycles. The molecule has 0 aliphatic rings. The minimum Gasteiger partial charge on any atom is -0.462 e. The van der Waals surface area contributed by atoms with E-state index >= 15 is 0 Å². The summed E-state index contributed by atoms with van der Waals surface area (Å²) in [6.07, 6.45) is 36.4. The maximum absolute atomic E-state index is 12.4. The van der Waals surface area contributed by atoms with Gasteiger partial charge in [0, 0.05) is 12.8 Å². The lowest BCUT2D eigenvalue weighted by atomic mass is 10.0. The first kappa shape index (κ1) is 45.8. The van der Waals surface area contributed by atoms with Crippen molar-refractivity contribution in [2.24, 2.45) is 0 Å². The summed E-state index contributed by atoms with van der Waals surface area (Å²) in [5, 5.41) is 0. The van der Waals surface area contributed by atoms with Gasteiger partial charge < -0.3 is 19.3 Å². The van der Waals surface area contributed by atoms with Crippen molar-refractivity contribution in [1.82, 2.24) is 0 Å². The number of esters is 2. The lowest BCUT2D eigenvalue weighted by molar-refractivity contribution is -0.161. The van der Waals surface area contributed by atoms with E-state index < -0.39 is 32.5 Å². The smallest absolute Gasteiger partial charge is 0.462 e. The maximum Gasteiger partial charge on any atom is 0.469 e. The van der Waals surface area contributed by atoms with Gasteiger partial charge in [-0.1, -0.05) is 161 Å². The van der Waals surface area contributed by atoms with Gasteiger partial charge in [0.2, 0.25) is 0 Å². The third-order valence-electron chi connectivity index (χ3n) is 8.53. The Balaban J connectivity index is 3.94. The van der Waals surface area contributed by atoms with Gasteiger partial charge in [-0.25, -0.2) is 4.57 Å². The molecular formula is C38H73O8P. The average molecular weight is 689 g/mol. The molecule has 0 aliphatic heterocycles. The molecule has 0 aromatic heterocycles. The molecule has 0 aromatic carbocycles. The van der Waals surface area contributed by atoms with Crippen molar-refractivity contribution in [3.05, 3.63) is 12.2 Å². The average Bonchev–Trinajstić information content (AvgIpc) is 3.03. The summed E-state index contributed by atoms with van der Waals surface area (Å²) in [5.41, 5.74) is 0. The van der Waals surface area contributed by atoms with E-state index in [0.29, 0.717) is 6.42 Å². The molecule has 0 heterocycles. The molecule has 9 heteroatoms. The second kappa shape index (κ2) is 34.6. The minimum absolute atomic E-state index is 0.206. The summed E-state index contributed by atoms with van der Waals surface area (Å²) in [7, 11) is -4.75. The Bertz CT molecular complexity index is 782. The Hall–Kier alpha value is -1.21. The molecule has 2 N–H and O–H groups in total. The summed E-state index contributed by atoms with van der Waals surface area (Å²) >= 11 is 0. The molecular weight excluding hydrogens is 615 g/mol. The highest BCUT2D eigenvalue weighted by atomic mass is 31.2. The van der Waals surface area contributed by atoms with Gasteiger partial charge in [0.1, 0.15) is 6.61 Å². The fraction of sp³-hybridized carbons (Fsp3) is 0.895. The van der Waals surface area contributed by atoms with Gasteiger partial charge in [0.25, 0.3) is 0 Å². The molecule has 0 fully saturated rings. The zero-order valence-electron chi connectivity index (χ0n) is 30.4. The van der Waals surface area contributed by atoms with Crippen LogP contribution < -0.4 is 0 Å². The summed E-state index contributed by atoms with van der Waals surface area (Å²) in [6, 6.07) is 0. The highest BCUT2D eigenvalue weighted by Crippen LogP contribution is 2.36. The highest BCUT2D eigenvalue weighted by Gasteiger charge is 2.22.